The van der Waals surface area contributed by atoms with Gasteiger partial charge in [-0.3, -0.25) is 0 Å². The molecule has 2 nitrogen and oxygen atoms in total. The molecular formula is C22H32O2. The van der Waals surface area contributed by atoms with Crippen LogP contribution in [0.3, 0.4) is 0 Å². The first-order chi connectivity index (χ1) is 11.4. The number of aliphatic hydroxyl groups is 1. The van der Waals surface area contributed by atoms with Gasteiger partial charge in [0.2, 0.25) is 0 Å². The zero-order valence-corrected chi connectivity index (χ0v) is 15.5. The van der Waals surface area contributed by atoms with Crippen LogP contribution >= 0.6 is 0 Å². The second kappa shape index (κ2) is 7.57. The third kappa shape index (κ3) is 3.04. The molecule has 2 heteroatoms. The van der Waals surface area contributed by atoms with Gasteiger partial charge >= 0.3 is 0 Å². The fourth-order valence-electron chi connectivity index (χ4n) is 4.42. The Bertz CT molecular complexity index is 604. The highest BCUT2D eigenvalue weighted by Crippen LogP contribution is 2.59. The van der Waals surface area contributed by atoms with E-state index in [1.165, 1.54) is 5.56 Å². The van der Waals surface area contributed by atoms with Crippen LogP contribution in [0.15, 0.2) is 43.0 Å². The van der Waals surface area contributed by atoms with Gasteiger partial charge in [-0.05, 0) is 67.9 Å². The molecule has 0 saturated heterocycles. The predicted molar refractivity (Wildman–Crippen MR) is 101 cm³/mol. The number of benzene rings is 1. The van der Waals surface area contributed by atoms with Crippen LogP contribution in [-0.4, -0.2) is 12.2 Å². The van der Waals surface area contributed by atoms with E-state index in [0.717, 1.165) is 61.8 Å². The smallest absolute Gasteiger partial charge is 0.119 e. The molecule has 2 rings (SSSR count). The lowest BCUT2D eigenvalue weighted by Gasteiger charge is -2.44. The summed E-state index contributed by atoms with van der Waals surface area (Å²) in [6.45, 7) is 12.2. The molecule has 0 aliphatic heterocycles. The normalized spacial score (nSPS) is 25.3. The number of fused-ring (bicyclic) bond motifs is 1. The Morgan fingerprint density at radius 1 is 1.33 bits per heavy atom. The van der Waals surface area contributed by atoms with Crippen molar-refractivity contribution in [1.29, 1.82) is 0 Å². The SMILES string of the molecule is C=CCCCC1(CCCC)Cc2cc(OC)ccc2C1(O)C(=C)C. The van der Waals surface area contributed by atoms with Gasteiger partial charge in [0, 0.05) is 5.41 Å². The van der Waals surface area contributed by atoms with E-state index in [4.69, 9.17) is 4.74 Å². The second-order valence-corrected chi connectivity index (χ2v) is 7.26. The minimum atomic E-state index is -0.953. The van der Waals surface area contributed by atoms with E-state index < -0.39 is 5.60 Å². The molecule has 0 spiro atoms. The van der Waals surface area contributed by atoms with Gasteiger partial charge in [-0.15, -0.1) is 6.58 Å². The van der Waals surface area contributed by atoms with E-state index in [-0.39, 0.29) is 5.41 Å². The average molecular weight is 328 g/mol. The molecule has 24 heavy (non-hydrogen) atoms. The van der Waals surface area contributed by atoms with Crippen LogP contribution in [0.4, 0.5) is 0 Å². The number of allylic oxidation sites excluding steroid dienone is 1. The van der Waals surface area contributed by atoms with E-state index >= 15 is 0 Å². The minimum Gasteiger partial charge on any atom is -0.497 e. The van der Waals surface area contributed by atoms with E-state index in [1.807, 2.05) is 25.1 Å². The molecule has 0 amide bonds. The summed E-state index contributed by atoms with van der Waals surface area (Å²) in [5.41, 5.74) is 1.94. The lowest BCUT2D eigenvalue weighted by atomic mass is 9.64. The lowest BCUT2D eigenvalue weighted by Crippen LogP contribution is -2.43. The Hall–Kier alpha value is -1.54. The average Bonchev–Trinajstić information content (AvgIpc) is 2.83. The fourth-order valence-corrected chi connectivity index (χ4v) is 4.42. The first-order valence-electron chi connectivity index (χ1n) is 9.12. The van der Waals surface area contributed by atoms with Crippen molar-refractivity contribution >= 4 is 0 Å². The van der Waals surface area contributed by atoms with E-state index in [1.54, 1.807) is 7.11 Å². The molecule has 1 aliphatic rings. The summed E-state index contributed by atoms with van der Waals surface area (Å²) in [7, 11) is 1.69. The van der Waals surface area contributed by atoms with E-state index in [2.05, 4.69) is 26.1 Å². The zero-order chi connectivity index (χ0) is 17.8. The number of hydrogen-bond donors (Lipinski definition) is 1. The highest BCUT2D eigenvalue weighted by atomic mass is 16.5. The molecule has 0 radical (unpaired) electrons. The van der Waals surface area contributed by atoms with Crippen LogP contribution in [0.5, 0.6) is 5.75 Å². The topological polar surface area (TPSA) is 29.5 Å². The molecule has 0 fully saturated rings. The van der Waals surface area contributed by atoms with Gasteiger partial charge in [-0.2, -0.15) is 0 Å². The molecule has 1 aromatic carbocycles. The summed E-state index contributed by atoms with van der Waals surface area (Å²) in [4.78, 5) is 0. The van der Waals surface area contributed by atoms with Crippen molar-refractivity contribution in [2.24, 2.45) is 5.41 Å². The molecule has 0 heterocycles. The summed E-state index contributed by atoms with van der Waals surface area (Å²) in [5.74, 6) is 0.857. The number of hydrogen-bond acceptors (Lipinski definition) is 2. The first-order valence-corrected chi connectivity index (χ1v) is 9.12. The van der Waals surface area contributed by atoms with Gasteiger partial charge in [0.15, 0.2) is 0 Å². The second-order valence-electron chi connectivity index (χ2n) is 7.26. The third-order valence-electron chi connectivity index (χ3n) is 5.69. The molecule has 0 saturated carbocycles. The molecule has 1 aromatic rings. The molecular weight excluding hydrogens is 296 g/mol. The molecule has 0 aromatic heterocycles. The maximum Gasteiger partial charge on any atom is 0.119 e. The van der Waals surface area contributed by atoms with Crippen LogP contribution < -0.4 is 4.74 Å². The van der Waals surface area contributed by atoms with Gasteiger partial charge in [0.05, 0.1) is 7.11 Å². The van der Waals surface area contributed by atoms with Crippen LogP contribution in [-0.2, 0) is 12.0 Å². The van der Waals surface area contributed by atoms with Crippen molar-refractivity contribution in [2.45, 2.75) is 64.4 Å². The van der Waals surface area contributed by atoms with Gasteiger partial charge in [-0.1, -0.05) is 38.5 Å². The van der Waals surface area contributed by atoms with E-state index in [9.17, 15) is 5.11 Å². The van der Waals surface area contributed by atoms with Gasteiger partial charge in [0.25, 0.3) is 0 Å². The quantitative estimate of drug-likeness (QED) is 0.476. The molecule has 0 bridgehead atoms. The maximum absolute atomic E-state index is 11.9. The number of ether oxygens (including phenoxy) is 1. The van der Waals surface area contributed by atoms with Crippen molar-refractivity contribution in [1.82, 2.24) is 0 Å². The third-order valence-corrected chi connectivity index (χ3v) is 5.69. The van der Waals surface area contributed by atoms with Crippen LogP contribution in [0.25, 0.3) is 0 Å². The monoisotopic (exact) mass is 328 g/mol. The molecule has 2 unspecified atom stereocenters. The summed E-state index contributed by atoms with van der Waals surface area (Å²) >= 11 is 0. The molecule has 132 valence electrons. The Kier molecular flexibility index (Phi) is 5.92. The molecule has 1 N–H and O–H groups in total. The maximum atomic E-state index is 11.9. The number of unbranched alkanes of at least 4 members (excludes halogenated alkanes) is 2. The molecule has 2 atom stereocenters. The zero-order valence-electron chi connectivity index (χ0n) is 15.5. The van der Waals surface area contributed by atoms with Crippen molar-refractivity contribution in [3.63, 3.8) is 0 Å². The summed E-state index contributed by atoms with van der Waals surface area (Å²) in [5, 5.41) is 11.9. The largest absolute Gasteiger partial charge is 0.497 e. The van der Waals surface area contributed by atoms with Crippen LogP contribution in [0.2, 0.25) is 0 Å². The molecule has 1 aliphatic carbocycles. The van der Waals surface area contributed by atoms with Gasteiger partial charge in [-0.25, -0.2) is 0 Å². The number of rotatable bonds is 9. The van der Waals surface area contributed by atoms with Gasteiger partial charge in [0.1, 0.15) is 11.4 Å². The Morgan fingerprint density at radius 3 is 2.62 bits per heavy atom. The Balaban J connectivity index is 2.51. The number of methoxy groups -OCH3 is 1. The predicted octanol–water partition coefficient (Wildman–Crippen LogP) is 5.55. The standard InChI is InChI=1S/C22H32O2/c1-6-8-10-14-21(13-9-7-2)16-18-15-19(24-5)11-12-20(18)22(21,23)17(3)4/h6,11-12,15,23H,1,3,7-10,13-14,16H2,2,4-5H3. The van der Waals surface area contributed by atoms with Gasteiger partial charge < -0.3 is 9.84 Å². The highest BCUT2D eigenvalue weighted by Gasteiger charge is 2.56. The van der Waals surface area contributed by atoms with Crippen molar-refractivity contribution in [3.8, 4) is 5.75 Å². The Morgan fingerprint density at radius 2 is 2.04 bits per heavy atom. The van der Waals surface area contributed by atoms with Crippen LogP contribution in [0.1, 0.15) is 63.5 Å². The fraction of sp³-hybridized carbons (Fsp3) is 0.545. The lowest BCUT2D eigenvalue weighted by molar-refractivity contribution is -0.0589. The van der Waals surface area contributed by atoms with E-state index in [0.29, 0.717) is 0 Å². The Labute approximate surface area is 147 Å². The van der Waals surface area contributed by atoms with Crippen molar-refractivity contribution in [3.05, 3.63) is 54.1 Å². The van der Waals surface area contributed by atoms with Crippen molar-refractivity contribution < 1.29 is 9.84 Å². The summed E-state index contributed by atoms with van der Waals surface area (Å²) in [6.07, 6.45) is 9.15. The summed E-state index contributed by atoms with van der Waals surface area (Å²) in [6, 6.07) is 6.07. The van der Waals surface area contributed by atoms with Crippen LogP contribution in [0, 0.1) is 5.41 Å². The minimum absolute atomic E-state index is 0.174. The highest BCUT2D eigenvalue weighted by molar-refractivity contribution is 5.49. The van der Waals surface area contributed by atoms with Crippen molar-refractivity contribution in [2.75, 3.05) is 7.11 Å². The summed E-state index contributed by atoms with van der Waals surface area (Å²) < 4.78 is 5.40. The first kappa shape index (κ1) is 18.8.